The zero-order chi connectivity index (χ0) is 6.91. The maximum atomic E-state index is 12.4. The van der Waals surface area contributed by atoms with E-state index in [0.29, 0.717) is 0 Å². The van der Waals surface area contributed by atoms with E-state index in [1.165, 1.54) is 22.8 Å². The molecule has 0 N–H and O–H groups in total. The van der Waals surface area contributed by atoms with Crippen LogP contribution in [-0.4, -0.2) is 8.74 Å². The number of halogens is 2. The molecule has 0 aliphatic heterocycles. The average Bonchev–Trinajstić information content (AvgIpc) is 2.08. The first-order chi connectivity index (χ1) is 4.11. The Hall–Kier alpha value is -0.223. The van der Waals surface area contributed by atoms with Crippen LogP contribution in [0.1, 0.15) is 0 Å². The van der Waals surface area contributed by atoms with Gasteiger partial charge in [-0.05, 0) is 23.4 Å². The van der Waals surface area contributed by atoms with Crippen molar-refractivity contribution in [2.45, 2.75) is 6.55 Å². The van der Waals surface area contributed by atoms with Gasteiger partial charge in [-0.25, -0.2) is 0 Å². The molecule has 9 heavy (non-hydrogen) atoms. The second kappa shape index (κ2) is 2.19. The molecule has 0 atom stereocenters. The van der Waals surface area contributed by atoms with Crippen LogP contribution in [0, 0.1) is 0 Å². The van der Waals surface area contributed by atoms with E-state index in [-0.39, 0.29) is 5.19 Å². The molecule has 0 aliphatic carbocycles. The van der Waals surface area contributed by atoms with Crippen molar-refractivity contribution in [2.75, 3.05) is 0 Å². The molecule has 1 aromatic rings. The van der Waals surface area contributed by atoms with Gasteiger partial charge in [-0.1, -0.05) is 0 Å². The second-order valence-corrected chi connectivity index (χ2v) is 5.03. The summed E-state index contributed by atoms with van der Waals surface area (Å²) in [5.74, 6) is 0. The highest BCUT2D eigenvalue weighted by atomic mass is 32.1. The van der Waals surface area contributed by atoms with Gasteiger partial charge in [0.2, 0.25) is 0 Å². The van der Waals surface area contributed by atoms with Crippen LogP contribution in [0.25, 0.3) is 0 Å². The zero-order valence-corrected chi connectivity index (χ0v) is 6.71. The Kier molecular flexibility index (Phi) is 1.68. The van der Waals surface area contributed by atoms with E-state index in [1.54, 1.807) is 5.38 Å². The van der Waals surface area contributed by atoms with Gasteiger partial charge in [-0.2, -0.15) is 11.3 Å². The summed E-state index contributed by atoms with van der Waals surface area (Å²) >= 11 is 1.32. The molecule has 0 radical (unpaired) electrons. The van der Waals surface area contributed by atoms with Crippen molar-refractivity contribution in [3.8, 4) is 0 Å². The van der Waals surface area contributed by atoms with E-state index in [4.69, 9.17) is 0 Å². The molecule has 4 heteroatoms. The lowest BCUT2D eigenvalue weighted by molar-refractivity contribution is 0.642. The summed E-state index contributed by atoms with van der Waals surface area (Å²) < 4.78 is 24.9. The SMILES string of the molecule is C[Si](F)(F)c1ccsc1. The van der Waals surface area contributed by atoms with Crippen molar-refractivity contribution in [1.82, 2.24) is 0 Å². The smallest absolute Gasteiger partial charge is 0.265 e. The van der Waals surface area contributed by atoms with Gasteiger partial charge in [-0.15, -0.1) is 0 Å². The highest BCUT2D eigenvalue weighted by Gasteiger charge is 2.30. The van der Waals surface area contributed by atoms with Crippen molar-refractivity contribution in [2.24, 2.45) is 0 Å². The number of hydrogen-bond donors (Lipinski definition) is 0. The van der Waals surface area contributed by atoms with Gasteiger partial charge in [0.05, 0.1) is 0 Å². The highest BCUT2D eigenvalue weighted by molar-refractivity contribution is 7.09. The van der Waals surface area contributed by atoms with Crippen LogP contribution in [0.3, 0.4) is 0 Å². The van der Waals surface area contributed by atoms with Gasteiger partial charge in [-0.3, -0.25) is 8.22 Å². The quantitative estimate of drug-likeness (QED) is 0.440. The molecule has 0 unspecified atom stereocenters. The molecule has 1 rings (SSSR count). The predicted molar refractivity (Wildman–Crippen MR) is 37.8 cm³/mol. The summed E-state index contributed by atoms with van der Waals surface area (Å²) in [6.07, 6.45) is 0. The minimum Gasteiger partial charge on any atom is -0.265 e. The predicted octanol–water partition coefficient (Wildman–Crippen LogP) is 1.97. The Labute approximate surface area is 57.5 Å². The third kappa shape index (κ3) is 1.59. The first-order valence-corrected chi connectivity index (χ1v) is 5.71. The van der Waals surface area contributed by atoms with Crippen molar-refractivity contribution >= 4 is 25.3 Å². The van der Waals surface area contributed by atoms with Crippen LogP contribution in [0.4, 0.5) is 8.22 Å². The second-order valence-electron chi connectivity index (χ2n) is 1.90. The van der Waals surface area contributed by atoms with E-state index < -0.39 is 8.74 Å². The Morgan fingerprint density at radius 3 is 2.44 bits per heavy atom. The number of thiophene rings is 1. The summed E-state index contributed by atoms with van der Waals surface area (Å²) in [4.78, 5) is 0. The summed E-state index contributed by atoms with van der Waals surface area (Å²) in [6.45, 7) is 1.04. The number of rotatable bonds is 1. The van der Waals surface area contributed by atoms with Gasteiger partial charge in [0, 0.05) is 5.19 Å². The lowest BCUT2D eigenvalue weighted by Gasteiger charge is -2.00. The molecular weight excluding hydrogens is 158 g/mol. The van der Waals surface area contributed by atoms with Gasteiger partial charge in [0.15, 0.2) is 0 Å². The highest BCUT2D eigenvalue weighted by Crippen LogP contribution is 2.08. The van der Waals surface area contributed by atoms with E-state index in [2.05, 4.69) is 0 Å². The molecule has 0 bridgehead atoms. The van der Waals surface area contributed by atoms with Crippen molar-refractivity contribution in [3.63, 3.8) is 0 Å². The van der Waals surface area contributed by atoms with Gasteiger partial charge in [0.25, 0.3) is 0 Å². The van der Waals surface area contributed by atoms with Crippen molar-refractivity contribution in [3.05, 3.63) is 16.8 Å². The minimum atomic E-state index is -3.97. The number of hydrogen-bond acceptors (Lipinski definition) is 1. The zero-order valence-electron chi connectivity index (χ0n) is 4.90. The molecule has 0 saturated heterocycles. The van der Waals surface area contributed by atoms with Crippen LogP contribution >= 0.6 is 11.3 Å². The van der Waals surface area contributed by atoms with Crippen LogP contribution in [-0.2, 0) is 0 Å². The molecule has 0 aromatic carbocycles. The maximum absolute atomic E-state index is 12.4. The third-order valence-corrected chi connectivity index (χ3v) is 3.25. The maximum Gasteiger partial charge on any atom is 0.453 e. The molecule has 0 nitrogen and oxygen atoms in total. The third-order valence-electron chi connectivity index (χ3n) is 1.03. The standard InChI is InChI=1S/C5H6F2SSi/c1-9(6,7)5-2-3-8-4-5/h2-4H,1H3. The average molecular weight is 164 g/mol. The van der Waals surface area contributed by atoms with Crippen LogP contribution in [0.2, 0.25) is 6.55 Å². The Morgan fingerprint density at radius 1 is 1.56 bits per heavy atom. The first kappa shape index (κ1) is 6.89. The van der Waals surface area contributed by atoms with Crippen LogP contribution in [0.5, 0.6) is 0 Å². The van der Waals surface area contributed by atoms with Crippen molar-refractivity contribution in [1.29, 1.82) is 0 Å². The van der Waals surface area contributed by atoms with Gasteiger partial charge >= 0.3 is 8.74 Å². The molecular formula is C5H6F2SSi. The van der Waals surface area contributed by atoms with Crippen molar-refractivity contribution < 1.29 is 8.22 Å². The Morgan fingerprint density at radius 2 is 2.22 bits per heavy atom. The summed E-state index contributed by atoms with van der Waals surface area (Å²) in [5, 5.41) is 3.44. The van der Waals surface area contributed by atoms with E-state index >= 15 is 0 Å². The summed E-state index contributed by atoms with van der Waals surface area (Å²) in [7, 11) is -3.97. The van der Waals surface area contributed by atoms with Gasteiger partial charge in [0.1, 0.15) is 0 Å². The minimum absolute atomic E-state index is 0.243. The van der Waals surface area contributed by atoms with E-state index in [1.807, 2.05) is 0 Å². The fourth-order valence-electron chi connectivity index (χ4n) is 0.514. The Balaban J connectivity index is 2.90. The molecule has 50 valence electrons. The molecule has 1 heterocycles. The topological polar surface area (TPSA) is 0 Å². The molecule has 0 fully saturated rings. The fraction of sp³-hybridized carbons (Fsp3) is 0.200. The lowest BCUT2D eigenvalue weighted by atomic mass is 10.7. The fourth-order valence-corrected chi connectivity index (χ4v) is 2.57. The molecule has 0 aliphatic rings. The van der Waals surface area contributed by atoms with Gasteiger partial charge < -0.3 is 0 Å². The normalized spacial score (nSPS) is 11.9. The monoisotopic (exact) mass is 164 g/mol. The first-order valence-electron chi connectivity index (χ1n) is 2.51. The lowest BCUT2D eigenvalue weighted by Crippen LogP contribution is -2.33. The van der Waals surface area contributed by atoms with Crippen LogP contribution < -0.4 is 5.19 Å². The molecule has 0 saturated carbocycles. The molecule has 0 amide bonds. The Bertz CT molecular complexity index is 177. The largest absolute Gasteiger partial charge is 0.453 e. The summed E-state index contributed by atoms with van der Waals surface area (Å²) in [6, 6.07) is 1.50. The molecule has 0 spiro atoms. The summed E-state index contributed by atoms with van der Waals surface area (Å²) in [5.41, 5.74) is 0. The van der Waals surface area contributed by atoms with E-state index in [0.717, 1.165) is 6.55 Å². The molecule has 1 aromatic heterocycles. The van der Waals surface area contributed by atoms with E-state index in [9.17, 15) is 8.22 Å². The van der Waals surface area contributed by atoms with Crippen LogP contribution in [0.15, 0.2) is 16.8 Å².